The van der Waals surface area contributed by atoms with Gasteiger partial charge in [0.25, 0.3) is 0 Å². The van der Waals surface area contributed by atoms with Gasteiger partial charge in [-0.15, -0.1) is 5.56 Å². The Morgan fingerprint density at radius 2 is 1.61 bits per heavy atom. The maximum absolute atomic E-state index is 5.28. The van der Waals surface area contributed by atoms with E-state index >= 15 is 0 Å². The first-order valence-corrected chi connectivity index (χ1v) is 6.12. The van der Waals surface area contributed by atoms with Gasteiger partial charge in [-0.05, 0) is 6.54 Å². The fraction of sp³-hybridized carbons (Fsp3) is 0.333. The van der Waals surface area contributed by atoms with Crippen LogP contribution in [0.15, 0.2) is 54.6 Å². The van der Waals surface area contributed by atoms with Crippen LogP contribution in [0, 0.1) is 0 Å². The summed E-state index contributed by atoms with van der Waals surface area (Å²) in [6, 6.07) is 18.5. The first-order valence-electron chi connectivity index (χ1n) is 6.12. The molecular formula is C15H19FeNO. The van der Waals surface area contributed by atoms with Crippen LogP contribution in [0.25, 0.3) is 0 Å². The van der Waals surface area contributed by atoms with Crippen LogP contribution >= 0.6 is 0 Å². The predicted molar refractivity (Wildman–Crippen MR) is 70.2 cm³/mol. The zero-order valence-electron chi connectivity index (χ0n) is 10.4. The number of nitrogens with zero attached hydrogens (tertiary/aromatic N) is 1. The minimum Gasteiger partial charge on any atom is -0.379 e. The summed E-state index contributed by atoms with van der Waals surface area (Å²) in [6.07, 6.45) is 0. The van der Waals surface area contributed by atoms with E-state index in [9.17, 15) is 0 Å². The van der Waals surface area contributed by atoms with Gasteiger partial charge in [0, 0.05) is 13.1 Å². The Morgan fingerprint density at radius 1 is 1.00 bits per heavy atom. The summed E-state index contributed by atoms with van der Waals surface area (Å²) in [4.78, 5) is 2.43. The van der Waals surface area contributed by atoms with E-state index in [2.05, 4.69) is 29.2 Å². The third kappa shape index (κ3) is 5.65. The van der Waals surface area contributed by atoms with Gasteiger partial charge in [0.2, 0.25) is 0 Å². The fourth-order valence-electron chi connectivity index (χ4n) is 1.86. The third-order valence-electron chi connectivity index (χ3n) is 2.80. The molecule has 1 aliphatic heterocycles. The SMILES string of the molecule is [Fe+2].c1cc[c-](CN2CCOCC2)c1.c1cc[cH-]c1. The second-order valence-electron chi connectivity index (χ2n) is 4.14. The van der Waals surface area contributed by atoms with Gasteiger partial charge < -0.3 is 9.64 Å². The molecule has 0 bridgehead atoms. The van der Waals surface area contributed by atoms with Crippen molar-refractivity contribution in [3.05, 3.63) is 60.2 Å². The van der Waals surface area contributed by atoms with E-state index in [-0.39, 0.29) is 17.1 Å². The Hall–Kier alpha value is -0.861. The van der Waals surface area contributed by atoms with Gasteiger partial charge in [0.15, 0.2) is 0 Å². The van der Waals surface area contributed by atoms with Crippen LogP contribution in [0.2, 0.25) is 0 Å². The first-order chi connectivity index (χ1) is 8.45. The maximum atomic E-state index is 5.28. The van der Waals surface area contributed by atoms with Crippen molar-refractivity contribution in [2.75, 3.05) is 26.3 Å². The van der Waals surface area contributed by atoms with Gasteiger partial charge >= 0.3 is 17.1 Å². The third-order valence-corrected chi connectivity index (χ3v) is 2.80. The molecule has 0 amide bonds. The van der Waals surface area contributed by atoms with E-state index in [4.69, 9.17) is 4.74 Å². The number of hydrogen-bond donors (Lipinski definition) is 0. The molecular weight excluding hydrogens is 266 g/mol. The molecule has 1 saturated heterocycles. The minimum absolute atomic E-state index is 0. The molecule has 0 aromatic heterocycles. The molecule has 18 heavy (non-hydrogen) atoms. The monoisotopic (exact) mass is 285 g/mol. The number of morpholine rings is 1. The summed E-state index contributed by atoms with van der Waals surface area (Å²) in [7, 11) is 0. The van der Waals surface area contributed by atoms with E-state index in [1.54, 1.807) is 0 Å². The summed E-state index contributed by atoms with van der Waals surface area (Å²) in [5.41, 5.74) is 1.41. The molecule has 0 spiro atoms. The molecule has 1 fully saturated rings. The molecule has 0 saturated carbocycles. The van der Waals surface area contributed by atoms with Crippen LogP contribution in [0.4, 0.5) is 0 Å². The Balaban J connectivity index is 0.000000230. The van der Waals surface area contributed by atoms with Gasteiger partial charge in [-0.2, -0.15) is 30.3 Å². The molecule has 98 valence electrons. The molecule has 0 unspecified atom stereocenters. The predicted octanol–water partition coefficient (Wildman–Crippen LogP) is 2.64. The normalized spacial score (nSPS) is 15.3. The topological polar surface area (TPSA) is 12.5 Å². The summed E-state index contributed by atoms with van der Waals surface area (Å²) in [5.74, 6) is 0. The molecule has 0 radical (unpaired) electrons. The first kappa shape index (κ1) is 15.2. The fourth-order valence-corrected chi connectivity index (χ4v) is 1.86. The standard InChI is InChI=1S/C10H14NO.C5H5.Fe/c1-2-4-10(3-1)9-11-5-7-12-8-6-11;1-2-4-5-3-1;/h1-4H,5-9H2;1-5H;/q2*-1;+2. The van der Waals surface area contributed by atoms with Gasteiger partial charge in [-0.3, -0.25) is 0 Å². The van der Waals surface area contributed by atoms with Crippen molar-refractivity contribution >= 4 is 0 Å². The zero-order chi connectivity index (χ0) is 11.8. The zero-order valence-corrected chi connectivity index (χ0v) is 11.5. The molecule has 1 aliphatic rings. The van der Waals surface area contributed by atoms with E-state index in [1.165, 1.54) is 5.56 Å². The Kier molecular flexibility index (Phi) is 7.70. The molecule has 0 atom stereocenters. The summed E-state index contributed by atoms with van der Waals surface area (Å²) in [6.45, 7) is 5.01. The van der Waals surface area contributed by atoms with Crippen molar-refractivity contribution in [2.45, 2.75) is 6.54 Å². The van der Waals surface area contributed by atoms with Gasteiger partial charge in [-0.1, -0.05) is 0 Å². The van der Waals surface area contributed by atoms with E-state index in [0.717, 1.165) is 32.8 Å². The van der Waals surface area contributed by atoms with Crippen molar-refractivity contribution in [2.24, 2.45) is 0 Å². The molecule has 0 N–H and O–H groups in total. The molecule has 2 aromatic rings. The average Bonchev–Trinajstić information content (AvgIpc) is 3.06. The number of ether oxygens (including phenoxy) is 1. The van der Waals surface area contributed by atoms with Crippen molar-refractivity contribution < 1.29 is 21.8 Å². The van der Waals surface area contributed by atoms with Gasteiger partial charge in [0.05, 0.1) is 13.2 Å². The van der Waals surface area contributed by atoms with Crippen LogP contribution in [0.1, 0.15) is 5.56 Å². The number of rotatable bonds is 2. The van der Waals surface area contributed by atoms with E-state index in [1.807, 2.05) is 30.3 Å². The molecule has 2 aromatic carbocycles. The minimum atomic E-state index is 0. The van der Waals surface area contributed by atoms with Crippen LogP contribution in [-0.4, -0.2) is 31.2 Å². The second kappa shape index (κ2) is 9.12. The van der Waals surface area contributed by atoms with Crippen LogP contribution in [-0.2, 0) is 28.4 Å². The molecule has 1 heterocycles. The Labute approximate surface area is 120 Å². The van der Waals surface area contributed by atoms with Gasteiger partial charge in [-0.25, -0.2) is 24.3 Å². The quantitative estimate of drug-likeness (QED) is 0.621. The molecule has 0 aliphatic carbocycles. The molecule has 2 nitrogen and oxygen atoms in total. The average molecular weight is 285 g/mol. The smallest absolute Gasteiger partial charge is 0.379 e. The van der Waals surface area contributed by atoms with E-state index in [0.29, 0.717) is 0 Å². The number of hydrogen-bond acceptors (Lipinski definition) is 2. The maximum Gasteiger partial charge on any atom is 2.00 e. The van der Waals surface area contributed by atoms with Crippen molar-refractivity contribution in [1.29, 1.82) is 0 Å². The van der Waals surface area contributed by atoms with Gasteiger partial charge in [0.1, 0.15) is 0 Å². The summed E-state index contributed by atoms with van der Waals surface area (Å²) >= 11 is 0. The van der Waals surface area contributed by atoms with Crippen LogP contribution in [0.3, 0.4) is 0 Å². The second-order valence-corrected chi connectivity index (χ2v) is 4.14. The summed E-state index contributed by atoms with van der Waals surface area (Å²) < 4.78 is 5.28. The Morgan fingerprint density at radius 3 is 2.11 bits per heavy atom. The van der Waals surface area contributed by atoms with Crippen molar-refractivity contribution in [1.82, 2.24) is 4.90 Å². The summed E-state index contributed by atoms with van der Waals surface area (Å²) in [5, 5.41) is 0. The van der Waals surface area contributed by atoms with Crippen LogP contribution < -0.4 is 0 Å². The Bertz CT molecular complexity index is 346. The molecule has 3 heteroatoms. The van der Waals surface area contributed by atoms with Crippen molar-refractivity contribution in [3.63, 3.8) is 0 Å². The molecule has 3 rings (SSSR count). The van der Waals surface area contributed by atoms with Crippen molar-refractivity contribution in [3.8, 4) is 0 Å². The van der Waals surface area contributed by atoms with E-state index < -0.39 is 0 Å². The largest absolute Gasteiger partial charge is 2.00 e. The van der Waals surface area contributed by atoms with Crippen LogP contribution in [0.5, 0.6) is 0 Å².